The largest absolute Gasteiger partial charge is 0.324 e. The second-order valence-electron chi connectivity index (χ2n) is 6.70. The van der Waals surface area contributed by atoms with Gasteiger partial charge in [-0.3, -0.25) is 10.1 Å². The maximum absolute atomic E-state index is 12.7. The van der Waals surface area contributed by atoms with E-state index >= 15 is 0 Å². The molecule has 0 aliphatic rings. The Kier molecular flexibility index (Phi) is 6.15. The molecule has 144 valence electrons. The Morgan fingerprint density at radius 1 is 0.793 bits per heavy atom. The lowest BCUT2D eigenvalue weighted by Crippen LogP contribution is -2.31. The minimum atomic E-state index is -0.0640. The molecule has 3 nitrogen and oxygen atoms in total. The fourth-order valence-electron chi connectivity index (χ4n) is 3.33. The summed E-state index contributed by atoms with van der Waals surface area (Å²) in [5.41, 5.74) is 4.06. The lowest BCUT2D eigenvalue weighted by Gasteiger charge is -2.18. The summed E-state index contributed by atoms with van der Waals surface area (Å²) in [6, 6.07) is 32.3. The highest BCUT2D eigenvalue weighted by Gasteiger charge is 2.16. The molecule has 0 saturated heterocycles. The summed E-state index contributed by atoms with van der Waals surface area (Å²) in [4.78, 5) is 13.9. The first-order valence-corrected chi connectivity index (χ1v) is 10.5. The monoisotopic (exact) mass is 398 g/mol. The van der Waals surface area contributed by atoms with E-state index in [0.29, 0.717) is 0 Å². The average molecular weight is 399 g/mol. The van der Waals surface area contributed by atoms with Gasteiger partial charge in [-0.1, -0.05) is 84.9 Å². The van der Waals surface area contributed by atoms with Crippen molar-refractivity contribution < 1.29 is 4.79 Å². The van der Waals surface area contributed by atoms with Crippen molar-refractivity contribution in [3.8, 4) is 11.1 Å². The number of amides is 1. The third-order valence-electron chi connectivity index (χ3n) is 4.71. The minimum absolute atomic E-state index is 0.00804. The topological polar surface area (TPSA) is 41.1 Å². The van der Waals surface area contributed by atoms with Crippen LogP contribution in [0.2, 0.25) is 0 Å². The Morgan fingerprint density at radius 3 is 2.21 bits per heavy atom. The van der Waals surface area contributed by atoms with Gasteiger partial charge in [0.05, 0.1) is 12.6 Å². The minimum Gasteiger partial charge on any atom is -0.324 e. The van der Waals surface area contributed by atoms with E-state index in [-0.39, 0.29) is 18.5 Å². The molecule has 0 aliphatic heterocycles. The first-order valence-electron chi connectivity index (χ1n) is 9.57. The normalized spacial score (nSPS) is 11.7. The lowest BCUT2D eigenvalue weighted by molar-refractivity contribution is -0.115. The summed E-state index contributed by atoms with van der Waals surface area (Å²) < 4.78 is 0. The van der Waals surface area contributed by atoms with Crippen LogP contribution >= 0.6 is 11.3 Å². The van der Waals surface area contributed by atoms with E-state index in [1.54, 1.807) is 11.3 Å². The van der Waals surface area contributed by atoms with Gasteiger partial charge in [-0.05, 0) is 28.6 Å². The molecule has 0 bridgehead atoms. The summed E-state index contributed by atoms with van der Waals surface area (Å²) in [5.74, 6) is -0.0640. The Bertz CT molecular complexity index is 1050. The fraction of sp³-hybridized carbons (Fsp3) is 0.0800. The highest BCUT2D eigenvalue weighted by atomic mass is 32.1. The Hall–Kier alpha value is -3.21. The number of hydrogen-bond acceptors (Lipinski definition) is 3. The molecule has 29 heavy (non-hydrogen) atoms. The second kappa shape index (κ2) is 9.32. The third-order valence-corrected chi connectivity index (χ3v) is 5.65. The molecule has 0 aliphatic carbocycles. The summed E-state index contributed by atoms with van der Waals surface area (Å²) in [6.07, 6.45) is 0. The van der Waals surface area contributed by atoms with Crippen LogP contribution in [0.3, 0.4) is 0 Å². The number of para-hydroxylation sites is 1. The molecular weight excluding hydrogens is 376 g/mol. The molecule has 1 atom stereocenters. The average Bonchev–Trinajstić information content (AvgIpc) is 3.30. The molecule has 0 fully saturated rings. The van der Waals surface area contributed by atoms with Gasteiger partial charge in [-0.25, -0.2) is 0 Å². The maximum atomic E-state index is 12.7. The molecule has 4 heteroatoms. The number of hydrogen-bond donors (Lipinski definition) is 2. The van der Waals surface area contributed by atoms with Gasteiger partial charge in [0.2, 0.25) is 5.91 Å². The maximum Gasteiger partial charge on any atom is 0.238 e. The standard InChI is InChI=1S/C25H22N2OS/c28-24(27-22-15-8-7-14-21(22)19-10-3-1-4-11-19)18-26-25(23-16-9-17-29-23)20-12-5-2-6-13-20/h1-17,25-26H,18H2,(H,27,28)/t25-/m0/s1. The van der Waals surface area contributed by atoms with E-state index < -0.39 is 0 Å². The fourth-order valence-corrected chi connectivity index (χ4v) is 4.16. The zero-order chi connectivity index (χ0) is 19.9. The molecule has 0 spiro atoms. The summed E-state index contributed by atoms with van der Waals surface area (Å²) in [5, 5.41) is 8.54. The van der Waals surface area contributed by atoms with Crippen molar-refractivity contribution in [1.29, 1.82) is 0 Å². The summed E-state index contributed by atoms with van der Waals surface area (Å²) >= 11 is 1.69. The number of carbonyl (C=O) groups is 1. The van der Waals surface area contributed by atoms with Crippen molar-refractivity contribution in [3.05, 3.63) is 113 Å². The first-order chi connectivity index (χ1) is 14.3. The third kappa shape index (κ3) is 4.80. The summed E-state index contributed by atoms with van der Waals surface area (Å²) in [6.45, 7) is 0.223. The molecule has 1 amide bonds. The molecule has 0 radical (unpaired) electrons. The SMILES string of the molecule is O=C(CN[C@@H](c1ccccc1)c1cccs1)Nc1ccccc1-c1ccccc1. The van der Waals surface area contributed by atoms with E-state index in [1.165, 1.54) is 4.88 Å². The van der Waals surface area contributed by atoms with Crippen LogP contribution in [0.15, 0.2) is 102 Å². The van der Waals surface area contributed by atoms with E-state index in [1.807, 2.05) is 78.9 Å². The van der Waals surface area contributed by atoms with Crippen molar-refractivity contribution in [1.82, 2.24) is 5.32 Å². The van der Waals surface area contributed by atoms with Crippen molar-refractivity contribution in [2.75, 3.05) is 11.9 Å². The highest BCUT2D eigenvalue weighted by Crippen LogP contribution is 2.28. The first kappa shape index (κ1) is 19.1. The van der Waals surface area contributed by atoms with Crippen LogP contribution in [-0.2, 0) is 4.79 Å². The number of carbonyl (C=O) groups excluding carboxylic acids is 1. The molecular formula is C25H22N2OS. The molecule has 3 aromatic carbocycles. The van der Waals surface area contributed by atoms with Gasteiger partial charge in [-0.2, -0.15) is 0 Å². The van der Waals surface area contributed by atoms with Crippen LogP contribution in [0.4, 0.5) is 5.69 Å². The number of anilines is 1. The number of thiophene rings is 1. The van der Waals surface area contributed by atoms with Crippen LogP contribution in [0, 0.1) is 0 Å². The zero-order valence-corrected chi connectivity index (χ0v) is 16.7. The van der Waals surface area contributed by atoms with Gasteiger partial charge in [0.1, 0.15) is 0 Å². The molecule has 4 rings (SSSR count). The lowest BCUT2D eigenvalue weighted by atomic mass is 10.0. The van der Waals surface area contributed by atoms with Crippen LogP contribution in [0.25, 0.3) is 11.1 Å². The van der Waals surface area contributed by atoms with Crippen LogP contribution in [0.5, 0.6) is 0 Å². The molecule has 1 heterocycles. The van der Waals surface area contributed by atoms with Gasteiger partial charge in [-0.15, -0.1) is 11.3 Å². The van der Waals surface area contributed by atoms with Crippen molar-refractivity contribution in [2.45, 2.75) is 6.04 Å². The van der Waals surface area contributed by atoms with Gasteiger partial charge in [0.25, 0.3) is 0 Å². The van der Waals surface area contributed by atoms with Crippen LogP contribution < -0.4 is 10.6 Å². The zero-order valence-electron chi connectivity index (χ0n) is 15.9. The molecule has 1 aromatic heterocycles. The number of nitrogens with one attached hydrogen (secondary N) is 2. The molecule has 2 N–H and O–H groups in total. The number of rotatable bonds is 7. The van der Waals surface area contributed by atoms with Crippen LogP contribution in [-0.4, -0.2) is 12.5 Å². The molecule has 0 saturated carbocycles. The smallest absolute Gasteiger partial charge is 0.238 e. The van der Waals surface area contributed by atoms with Gasteiger partial charge in [0, 0.05) is 16.1 Å². The number of benzene rings is 3. The Balaban J connectivity index is 1.48. The van der Waals surface area contributed by atoms with Crippen molar-refractivity contribution in [3.63, 3.8) is 0 Å². The molecule has 0 unspecified atom stereocenters. The van der Waals surface area contributed by atoms with E-state index in [4.69, 9.17) is 0 Å². The predicted octanol–water partition coefficient (Wildman–Crippen LogP) is 5.73. The van der Waals surface area contributed by atoms with Gasteiger partial charge in [0.15, 0.2) is 0 Å². The van der Waals surface area contributed by atoms with Crippen molar-refractivity contribution in [2.24, 2.45) is 0 Å². The highest BCUT2D eigenvalue weighted by molar-refractivity contribution is 7.10. The van der Waals surface area contributed by atoms with Gasteiger partial charge < -0.3 is 5.32 Å². The quantitative estimate of drug-likeness (QED) is 0.417. The predicted molar refractivity (Wildman–Crippen MR) is 121 cm³/mol. The Morgan fingerprint density at radius 2 is 1.48 bits per heavy atom. The molecule has 4 aromatic rings. The van der Waals surface area contributed by atoms with Gasteiger partial charge >= 0.3 is 0 Å². The van der Waals surface area contributed by atoms with Crippen LogP contribution in [0.1, 0.15) is 16.5 Å². The second-order valence-corrected chi connectivity index (χ2v) is 7.68. The van der Waals surface area contributed by atoms with E-state index in [2.05, 4.69) is 34.2 Å². The van der Waals surface area contributed by atoms with Crippen molar-refractivity contribution >= 4 is 22.9 Å². The van der Waals surface area contributed by atoms with E-state index in [0.717, 1.165) is 22.4 Å². The Labute approximate surface area is 175 Å². The van der Waals surface area contributed by atoms with E-state index in [9.17, 15) is 4.79 Å². The summed E-state index contributed by atoms with van der Waals surface area (Å²) in [7, 11) is 0.